The van der Waals surface area contributed by atoms with Crippen molar-refractivity contribution < 1.29 is 37.1 Å². The summed E-state index contributed by atoms with van der Waals surface area (Å²) in [6.07, 6.45) is 8.98. The van der Waals surface area contributed by atoms with E-state index in [-0.39, 0.29) is 37.1 Å². The van der Waals surface area contributed by atoms with Crippen molar-refractivity contribution in [2.24, 2.45) is 5.92 Å². The first-order chi connectivity index (χ1) is 34.0. The van der Waals surface area contributed by atoms with Gasteiger partial charge in [-0.1, -0.05) is 51.8 Å². The lowest BCUT2D eigenvalue weighted by Crippen LogP contribution is -2.58. The first-order valence-electron chi connectivity index (χ1n) is 25.4. The molecule has 4 fully saturated rings. The van der Waals surface area contributed by atoms with Crippen LogP contribution in [0.4, 0.5) is 5.69 Å². The van der Waals surface area contributed by atoms with Gasteiger partial charge in [-0.05, 0) is 102 Å². The zero-order chi connectivity index (χ0) is 50.2. The molecule has 2 saturated carbocycles. The van der Waals surface area contributed by atoms with Crippen LogP contribution in [-0.4, -0.2) is 132 Å². The van der Waals surface area contributed by atoms with Gasteiger partial charge in [-0.2, -0.15) is 0 Å². The summed E-state index contributed by atoms with van der Waals surface area (Å²) in [5.41, 5.74) is 2.65. The predicted molar refractivity (Wildman–Crippen MR) is 275 cm³/mol. The second kappa shape index (κ2) is 20.5. The van der Waals surface area contributed by atoms with E-state index in [9.17, 15) is 18.0 Å². The molecule has 5 atom stereocenters. The highest BCUT2D eigenvalue weighted by atomic mass is 32.2. The Hall–Kier alpha value is -5.59. The molecule has 9 rings (SSSR count). The molecule has 71 heavy (non-hydrogen) atoms. The number of pyridine rings is 1. The Labute approximate surface area is 421 Å². The molecule has 3 aliphatic heterocycles. The van der Waals surface area contributed by atoms with E-state index in [4.69, 9.17) is 19.4 Å². The van der Waals surface area contributed by atoms with Crippen molar-refractivity contribution >= 4 is 61.6 Å². The number of allylic oxidation sites excluding steroid dienone is 1. The number of aryl methyl sites for hydroxylation is 1. The maximum absolute atomic E-state index is 15.3. The third-order valence-corrected chi connectivity index (χ3v) is 18.2. The molecule has 18 heteroatoms. The monoisotopic (exact) mass is 1010 g/mol. The molecule has 16 nitrogen and oxygen atoms in total. The standard InChI is InChI=1S/C53H68N8O8S2/c1-7-22-59-23-25-60(26-24-59)49(63)35-14-13-16-37(27-35)54-40-17-12-10-8-9-11-15-36-30-53(36,51(65)58-71(66,67)52(5)20-21-52)57-47(62)43-28-38(31-61(43)50(40)64)69-45-29-41(48-56-42(32-70-48)33(2)3)55-46-34(4)44(68-6)19-18-39(45)46/h11,13-16,18-19,27,29,32-33,36,38,40,43,54H,7-10,12,17,20-26,28,30-31H2,1-6H3,(H,57,62)(H,58,65)/b15-11-/t36-,38-,40+,43+,53-/m1/s1. The van der Waals surface area contributed by atoms with Crippen LogP contribution in [-0.2, 0) is 24.4 Å². The maximum Gasteiger partial charge on any atom is 0.259 e. The first kappa shape index (κ1) is 50.4. The summed E-state index contributed by atoms with van der Waals surface area (Å²) in [4.78, 5) is 74.2. The van der Waals surface area contributed by atoms with E-state index < -0.39 is 56.2 Å². The van der Waals surface area contributed by atoms with E-state index in [1.54, 1.807) is 31.1 Å². The Kier molecular flexibility index (Phi) is 14.5. The Bertz CT molecular complexity index is 2820. The number of nitrogens with zero attached hydrogens (tertiary/aromatic N) is 5. The molecular weight excluding hydrogens is 941 g/mol. The van der Waals surface area contributed by atoms with Gasteiger partial charge in [0.05, 0.1) is 29.6 Å². The van der Waals surface area contributed by atoms with Gasteiger partial charge in [0, 0.05) is 72.2 Å². The molecule has 2 aliphatic carbocycles. The van der Waals surface area contributed by atoms with E-state index >= 15 is 9.59 Å². The molecule has 2 aromatic heterocycles. The van der Waals surface area contributed by atoms with E-state index in [0.717, 1.165) is 60.5 Å². The molecule has 0 unspecified atom stereocenters. The minimum atomic E-state index is -4.02. The smallest absolute Gasteiger partial charge is 0.259 e. The number of hydrogen-bond donors (Lipinski definition) is 3. The van der Waals surface area contributed by atoms with Gasteiger partial charge in [0.25, 0.3) is 11.8 Å². The average molecular weight is 1010 g/mol. The summed E-state index contributed by atoms with van der Waals surface area (Å²) in [7, 11) is -2.41. The van der Waals surface area contributed by atoms with Gasteiger partial charge in [0.2, 0.25) is 21.8 Å². The number of methoxy groups -OCH3 is 1. The molecule has 2 aromatic carbocycles. The van der Waals surface area contributed by atoms with Crippen molar-refractivity contribution in [3.8, 4) is 22.2 Å². The SMILES string of the molecule is CCCN1CCN(C(=O)c2cccc(N[C@H]3CCCCC/C=C\[C@@H]4C[C@@]4(C(=O)NS(=O)(=O)C4(C)CC4)NC(=O)[C@@H]4C[C@@H](Oc5cc(-c6nc(C(C)C)cs6)nc6c(C)c(OC)ccc56)CN4C3=O)c2)CC1. The second-order valence-corrected chi connectivity index (χ2v) is 23.7. The number of amides is 4. The van der Waals surface area contributed by atoms with Crippen LogP contribution in [0.25, 0.3) is 21.6 Å². The molecule has 5 aliphatic rings. The van der Waals surface area contributed by atoms with E-state index in [1.165, 1.54) is 11.3 Å². The summed E-state index contributed by atoms with van der Waals surface area (Å²) >= 11 is 1.49. The molecule has 4 aromatic rings. The number of carbonyl (C=O) groups is 4. The molecule has 5 heterocycles. The number of nitrogens with one attached hydrogen (secondary N) is 3. The van der Waals surface area contributed by atoms with Gasteiger partial charge >= 0.3 is 0 Å². The number of fused-ring (bicyclic) bond motifs is 3. The lowest BCUT2D eigenvalue weighted by atomic mass is 10.0. The molecule has 0 spiro atoms. The normalized spacial score (nSPS) is 25.3. The number of thiazole rings is 1. The van der Waals surface area contributed by atoms with Crippen LogP contribution >= 0.6 is 11.3 Å². The summed E-state index contributed by atoms with van der Waals surface area (Å²) in [5, 5.41) is 9.97. The quantitative estimate of drug-likeness (QED) is 0.114. The van der Waals surface area contributed by atoms with E-state index in [0.29, 0.717) is 79.2 Å². The third kappa shape index (κ3) is 10.5. The lowest BCUT2D eigenvalue weighted by molar-refractivity contribution is -0.140. The zero-order valence-electron chi connectivity index (χ0n) is 41.8. The van der Waals surface area contributed by atoms with E-state index in [2.05, 4.69) is 41.0 Å². The van der Waals surface area contributed by atoms with Gasteiger partial charge in [0.1, 0.15) is 45.9 Å². The van der Waals surface area contributed by atoms with Gasteiger partial charge in [-0.25, -0.2) is 18.4 Å². The summed E-state index contributed by atoms with van der Waals surface area (Å²) < 4.78 is 40.8. The Morgan fingerprint density at radius 3 is 2.52 bits per heavy atom. The van der Waals surface area contributed by atoms with Crippen molar-refractivity contribution in [2.45, 2.75) is 133 Å². The van der Waals surface area contributed by atoms with Crippen LogP contribution in [0, 0.1) is 12.8 Å². The van der Waals surface area contributed by atoms with Crippen molar-refractivity contribution in [1.82, 2.24) is 34.7 Å². The number of hydrogen-bond acceptors (Lipinski definition) is 13. The molecule has 2 saturated heterocycles. The maximum atomic E-state index is 15.3. The van der Waals surface area contributed by atoms with Crippen LogP contribution in [0.5, 0.6) is 11.5 Å². The second-order valence-electron chi connectivity index (χ2n) is 20.6. The number of carbonyl (C=O) groups excluding carboxylic acids is 4. The number of rotatable bonds is 13. The van der Waals surface area contributed by atoms with E-state index in [1.807, 2.05) is 59.7 Å². The first-order valence-corrected chi connectivity index (χ1v) is 27.7. The van der Waals surface area contributed by atoms with Gasteiger partial charge in [-0.3, -0.25) is 28.8 Å². The fraction of sp³-hybridized carbons (Fsp3) is 0.547. The predicted octanol–water partition coefficient (Wildman–Crippen LogP) is 7.19. The molecule has 3 N–H and O–H groups in total. The molecule has 0 radical (unpaired) electrons. The fourth-order valence-corrected chi connectivity index (χ4v) is 12.5. The largest absolute Gasteiger partial charge is 0.496 e. The lowest BCUT2D eigenvalue weighted by Gasteiger charge is -2.34. The van der Waals surface area contributed by atoms with Crippen molar-refractivity contribution in [2.75, 3.05) is 51.7 Å². The zero-order valence-corrected chi connectivity index (χ0v) is 43.4. The highest BCUT2D eigenvalue weighted by molar-refractivity contribution is 7.91. The van der Waals surface area contributed by atoms with Crippen LogP contribution in [0.1, 0.15) is 119 Å². The average Bonchev–Trinajstić information content (AvgIpc) is 4.13. The Morgan fingerprint density at radius 1 is 1.01 bits per heavy atom. The van der Waals surface area contributed by atoms with Gasteiger partial charge in [0.15, 0.2) is 0 Å². The minimum Gasteiger partial charge on any atom is -0.496 e. The molecule has 0 bridgehead atoms. The molecular formula is C53H68N8O8S2. The van der Waals surface area contributed by atoms with Crippen molar-refractivity contribution in [3.63, 3.8) is 0 Å². The van der Waals surface area contributed by atoms with Gasteiger partial charge < -0.3 is 29.9 Å². The Morgan fingerprint density at radius 2 is 1.80 bits per heavy atom. The topological polar surface area (TPSA) is 192 Å². The fourth-order valence-electron chi connectivity index (χ4n) is 10.2. The van der Waals surface area contributed by atoms with Crippen LogP contribution in [0.2, 0.25) is 0 Å². The number of piperazine rings is 1. The summed E-state index contributed by atoms with van der Waals surface area (Å²) in [6.45, 7) is 13.9. The van der Waals surface area contributed by atoms with Crippen molar-refractivity contribution in [1.29, 1.82) is 0 Å². The molecule has 380 valence electrons. The number of benzene rings is 2. The van der Waals surface area contributed by atoms with Crippen LogP contribution < -0.4 is 24.8 Å². The number of aromatic nitrogens is 2. The number of ether oxygens (including phenoxy) is 2. The summed E-state index contributed by atoms with van der Waals surface area (Å²) in [6, 6.07) is 11.0. The highest BCUT2D eigenvalue weighted by Crippen LogP contribution is 2.48. The van der Waals surface area contributed by atoms with Crippen LogP contribution in [0.3, 0.4) is 0 Å². The van der Waals surface area contributed by atoms with Crippen molar-refractivity contribution in [3.05, 3.63) is 76.8 Å². The van der Waals surface area contributed by atoms with Gasteiger partial charge in [-0.15, -0.1) is 11.3 Å². The number of anilines is 1. The minimum absolute atomic E-state index is 0.0376. The third-order valence-electron chi connectivity index (χ3n) is 15.1. The summed E-state index contributed by atoms with van der Waals surface area (Å²) in [5.74, 6) is -0.800. The highest BCUT2D eigenvalue weighted by Gasteiger charge is 2.63. The molecule has 4 amide bonds. The Balaban J connectivity index is 1.04. The van der Waals surface area contributed by atoms with Crippen LogP contribution in [0.15, 0.2) is 60.0 Å². The number of sulfonamides is 1.